The van der Waals surface area contributed by atoms with Crippen LogP contribution in [-0.2, 0) is 6.54 Å². The van der Waals surface area contributed by atoms with Crippen LogP contribution in [0.3, 0.4) is 0 Å². The molecule has 0 aromatic heterocycles. The summed E-state index contributed by atoms with van der Waals surface area (Å²) in [6.07, 6.45) is 4.86. The molecule has 1 unspecified atom stereocenters. The molecule has 2 rings (SSSR count). The van der Waals surface area contributed by atoms with Crippen molar-refractivity contribution in [2.45, 2.75) is 46.2 Å². The van der Waals surface area contributed by atoms with Gasteiger partial charge in [-0.2, -0.15) is 0 Å². The SMILES string of the molecule is CC1=CC(NCc2ccccc2)CC(C)(C)C1. The fourth-order valence-electron chi connectivity index (χ4n) is 2.86. The van der Waals surface area contributed by atoms with Gasteiger partial charge in [-0.1, -0.05) is 55.8 Å². The third kappa shape index (κ3) is 3.71. The van der Waals surface area contributed by atoms with Crippen LogP contribution in [0.4, 0.5) is 0 Å². The van der Waals surface area contributed by atoms with E-state index in [9.17, 15) is 0 Å². The molecule has 0 saturated carbocycles. The Morgan fingerprint density at radius 3 is 2.59 bits per heavy atom. The van der Waals surface area contributed by atoms with E-state index in [1.165, 1.54) is 24.0 Å². The van der Waals surface area contributed by atoms with Gasteiger partial charge in [0.25, 0.3) is 0 Å². The molecule has 0 bridgehead atoms. The molecule has 1 atom stereocenters. The Bertz CT molecular complexity index is 389. The third-order valence-electron chi connectivity index (χ3n) is 3.43. The van der Waals surface area contributed by atoms with Crippen LogP contribution in [0.25, 0.3) is 0 Å². The van der Waals surface area contributed by atoms with Crippen LogP contribution in [0.2, 0.25) is 0 Å². The lowest BCUT2D eigenvalue weighted by molar-refractivity contribution is 0.281. The maximum atomic E-state index is 3.65. The van der Waals surface area contributed by atoms with Gasteiger partial charge in [-0.15, -0.1) is 0 Å². The van der Waals surface area contributed by atoms with E-state index in [1.54, 1.807) is 0 Å². The van der Waals surface area contributed by atoms with E-state index in [2.05, 4.69) is 62.5 Å². The normalized spacial score (nSPS) is 23.2. The predicted octanol–water partition coefficient (Wildman–Crippen LogP) is 3.91. The van der Waals surface area contributed by atoms with E-state index in [4.69, 9.17) is 0 Å². The van der Waals surface area contributed by atoms with Gasteiger partial charge in [-0.25, -0.2) is 0 Å². The van der Waals surface area contributed by atoms with Crippen molar-refractivity contribution in [1.82, 2.24) is 5.32 Å². The van der Waals surface area contributed by atoms with Crippen molar-refractivity contribution >= 4 is 0 Å². The highest BCUT2D eigenvalue weighted by Crippen LogP contribution is 2.35. The van der Waals surface area contributed by atoms with E-state index in [0.717, 1.165) is 6.54 Å². The number of hydrogen-bond acceptors (Lipinski definition) is 1. The first kappa shape index (κ1) is 12.4. The lowest BCUT2D eigenvalue weighted by Crippen LogP contribution is -2.35. The predicted molar refractivity (Wildman–Crippen MR) is 73.8 cm³/mol. The van der Waals surface area contributed by atoms with Crippen molar-refractivity contribution < 1.29 is 0 Å². The standard InChI is InChI=1S/C16H23N/c1-13-9-15(11-16(2,3)10-13)17-12-14-7-5-4-6-8-14/h4-9,15,17H,10-12H2,1-3H3. The zero-order chi connectivity index (χ0) is 12.3. The molecule has 1 aromatic rings. The van der Waals surface area contributed by atoms with Crippen LogP contribution in [0.15, 0.2) is 42.0 Å². The first-order chi connectivity index (χ1) is 8.05. The van der Waals surface area contributed by atoms with Gasteiger partial charge in [0, 0.05) is 12.6 Å². The van der Waals surface area contributed by atoms with Crippen LogP contribution in [-0.4, -0.2) is 6.04 Å². The van der Waals surface area contributed by atoms with E-state index < -0.39 is 0 Å². The van der Waals surface area contributed by atoms with Gasteiger partial charge in [-0.05, 0) is 30.7 Å². The first-order valence-corrected chi connectivity index (χ1v) is 6.50. The second-order valence-corrected chi connectivity index (χ2v) is 6.03. The molecule has 0 fully saturated rings. The zero-order valence-corrected chi connectivity index (χ0v) is 11.2. The number of hydrogen-bond donors (Lipinski definition) is 1. The minimum atomic E-state index is 0.438. The van der Waals surface area contributed by atoms with Crippen LogP contribution in [0, 0.1) is 5.41 Å². The van der Waals surface area contributed by atoms with Crippen LogP contribution in [0.5, 0.6) is 0 Å². The largest absolute Gasteiger partial charge is 0.306 e. The summed E-state index contributed by atoms with van der Waals surface area (Å²) in [7, 11) is 0. The first-order valence-electron chi connectivity index (χ1n) is 6.50. The molecule has 17 heavy (non-hydrogen) atoms. The monoisotopic (exact) mass is 229 g/mol. The summed E-state index contributed by atoms with van der Waals surface area (Å²) < 4.78 is 0. The van der Waals surface area contributed by atoms with Crippen LogP contribution >= 0.6 is 0 Å². The lowest BCUT2D eigenvalue weighted by atomic mass is 9.76. The Kier molecular flexibility index (Phi) is 3.68. The summed E-state index contributed by atoms with van der Waals surface area (Å²) in [4.78, 5) is 0. The Morgan fingerprint density at radius 1 is 1.24 bits per heavy atom. The van der Waals surface area contributed by atoms with Crippen molar-refractivity contribution in [3.8, 4) is 0 Å². The summed E-state index contributed by atoms with van der Waals surface area (Å²) in [6.45, 7) is 7.94. The van der Waals surface area contributed by atoms with Crippen molar-refractivity contribution in [1.29, 1.82) is 0 Å². The number of benzene rings is 1. The molecule has 0 radical (unpaired) electrons. The summed E-state index contributed by atoms with van der Waals surface area (Å²) in [5, 5.41) is 3.65. The topological polar surface area (TPSA) is 12.0 Å². The highest BCUT2D eigenvalue weighted by atomic mass is 14.9. The molecule has 1 aliphatic carbocycles. The minimum absolute atomic E-state index is 0.438. The lowest BCUT2D eigenvalue weighted by Gasteiger charge is -2.34. The summed E-state index contributed by atoms with van der Waals surface area (Å²) in [5.74, 6) is 0. The molecule has 1 aliphatic rings. The van der Waals surface area contributed by atoms with Crippen LogP contribution in [0.1, 0.15) is 39.2 Å². The Hall–Kier alpha value is -1.08. The Labute approximate surface area is 105 Å². The smallest absolute Gasteiger partial charge is 0.0260 e. The molecule has 0 heterocycles. The molecule has 0 aliphatic heterocycles. The van der Waals surface area contributed by atoms with Crippen molar-refractivity contribution in [3.63, 3.8) is 0 Å². The number of allylic oxidation sites excluding steroid dienone is 1. The quantitative estimate of drug-likeness (QED) is 0.775. The van der Waals surface area contributed by atoms with Gasteiger partial charge in [0.1, 0.15) is 0 Å². The van der Waals surface area contributed by atoms with E-state index in [1.807, 2.05) is 0 Å². The van der Waals surface area contributed by atoms with Crippen molar-refractivity contribution in [2.75, 3.05) is 0 Å². The highest BCUT2D eigenvalue weighted by Gasteiger charge is 2.26. The van der Waals surface area contributed by atoms with Gasteiger partial charge in [0.05, 0.1) is 0 Å². The average molecular weight is 229 g/mol. The van der Waals surface area contributed by atoms with Gasteiger partial charge < -0.3 is 5.32 Å². The molecule has 1 nitrogen and oxygen atoms in total. The zero-order valence-electron chi connectivity index (χ0n) is 11.2. The van der Waals surface area contributed by atoms with E-state index in [-0.39, 0.29) is 0 Å². The molecule has 0 saturated heterocycles. The molecule has 92 valence electrons. The third-order valence-corrected chi connectivity index (χ3v) is 3.43. The molecule has 0 amide bonds. The summed E-state index contributed by atoms with van der Waals surface area (Å²) >= 11 is 0. The van der Waals surface area contributed by atoms with Crippen molar-refractivity contribution in [3.05, 3.63) is 47.5 Å². The average Bonchev–Trinajstić information content (AvgIpc) is 2.25. The van der Waals surface area contributed by atoms with Gasteiger partial charge in [-0.3, -0.25) is 0 Å². The van der Waals surface area contributed by atoms with Gasteiger partial charge in [0.2, 0.25) is 0 Å². The van der Waals surface area contributed by atoms with Gasteiger partial charge in [0.15, 0.2) is 0 Å². The second-order valence-electron chi connectivity index (χ2n) is 6.03. The number of nitrogens with one attached hydrogen (secondary N) is 1. The Balaban J connectivity index is 1.94. The summed E-state index contributed by atoms with van der Waals surface area (Å²) in [6, 6.07) is 11.1. The molecular weight excluding hydrogens is 206 g/mol. The highest BCUT2D eigenvalue weighted by molar-refractivity contribution is 5.16. The Morgan fingerprint density at radius 2 is 1.94 bits per heavy atom. The van der Waals surface area contributed by atoms with Crippen LogP contribution < -0.4 is 5.32 Å². The van der Waals surface area contributed by atoms with Crippen molar-refractivity contribution in [2.24, 2.45) is 5.41 Å². The fraction of sp³-hybridized carbons (Fsp3) is 0.500. The molecule has 1 aromatic carbocycles. The molecule has 1 N–H and O–H groups in total. The second kappa shape index (κ2) is 5.05. The maximum absolute atomic E-state index is 3.65. The van der Waals surface area contributed by atoms with Gasteiger partial charge >= 0.3 is 0 Å². The molecule has 0 spiro atoms. The van der Waals surface area contributed by atoms with E-state index >= 15 is 0 Å². The number of rotatable bonds is 3. The summed E-state index contributed by atoms with van der Waals surface area (Å²) in [5.41, 5.74) is 3.32. The maximum Gasteiger partial charge on any atom is 0.0260 e. The molecule has 1 heteroatoms. The minimum Gasteiger partial charge on any atom is -0.306 e. The fourth-order valence-corrected chi connectivity index (χ4v) is 2.86. The molecular formula is C16H23N. The van der Waals surface area contributed by atoms with E-state index in [0.29, 0.717) is 11.5 Å².